The summed E-state index contributed by atoms with van der Waals surface area (Å²) in [7, 11) is 0. The summed E-state index contributed by atoms with van der Waals surface area (Å²) >= 11 is 1.37. The Morgan fingerprint density at radius 1 is 1.22 bits per heavy atom. The molecule has 0 unspecified atom stereocenters. The van der Waals surface area contributed by atoms with Crippen molar-refractivity contribution in [1.29, 1.82) is 0 Å². The van der Waals surface area contributed by atoms with E-state index in [1.165, 1.54) is 34.0 Å². The van der Waals surface area contributed by atoms with Crippen molar-refractivity contribution in [3.05, 3.63) is 63.4 Å². The smallest absolute Gasteiger partial charge is 0.301 e. The molecule has 0 radical (unpaired) electrons. The van der Waals surface area contributed by atoms with Gasteiger partial charge in [-0.3, -0.25) is 19.6 Å². The third kappa shape index (κ3) is 5.68. The van der Waals surface area contributed by atoms with Crippen LogP contribution in [0.15, 0.2) is 42.7 Å². The first-order chi connectivity index (χ1) is 13.1. The molecule has 0 fully saturated rings. The van der Waals surface area contributed by atoms with Crippen molar-refractivity contribution in [3.8, 4) is 0 Å². The minimum Gasteiger partial charge on any atom is -0.301 e. The molecule has 0 saturated carbocycles. The van der Waals surface area contributed by atoms with Crippen LogP contribution in [-0.2, 0) is 24.2 Å². The van der Waals surface area contributed by atoms with E-state index in [1.54, 1.807) is 0 Å². The number of hydrogen-bond donors (Lipinski definition) is 1. The lowest BCUT2D eigenvalue weighted by atomic mass is 10.1. The third-order valence-corrected chi connectivity index (χ3v) is 4.70. The van der Waals surface area contributed by atoms with E-state index in [0.717, 1.165) is 17.8 Å². The maximum Gasteiger partial charge on any atom is 0.306 e. The third-order valence-electron chi connectivity index (χ3n) is 3.81. The number of hydrogen-bond acceptors (Lipinski definition) is 7. The van der Waals surface area contributed by atoms with E-state index < -0.39 is 4.92 Å². The molecule has 1 amide bonds. The van der Waals surface area contributed by atoms with E-state index in [2.05, 4.69) is 32.7 Å². The molecule has 0 atom stereocenters. The number of carbonyl (C=O) groups is 1. The minimum absolute atomic E-state index is 0.0589. The predicted molar refractivity (Wildman–Crippen MR) is 101 cm³/mol. The average Bonchev–Trinajstić information content (AvgIpc) is 3.30. The highest BCUT2D eigenvalue weighted by Crippen LogP contribution is 2.17. The molecule has 1 aromatic carbocycles. The summed E-state index contributed by atoms with van der Waals surface area (Å²) in [6, 6.07) is 10.1. The zero-order chi connectivity index (χ0) is 19.1. The van der Waals surface area contributed by atoms with Crippen molar-refractivity contribution in [2.45, 2.75) is 32.2 Å². The zero-order valence-corrected chi connectivity index (χ0v) is 15.3. The van der Waals surface area contributed by atoms with Gasteiger partial charge in [0.1, 0.15) is 17.4 Å². The first-order valence-electron chi connectivity index (χ1n) is 8.43. The highest BCUT2D eigenvalue weighted by atomic mass is 32.1. The van der Waals surface area contributed by atoms with Crippen molar-refractivity contribution in [2.75, 3.05) is 5.32 Å². The van der Waals surface area contributed by atoms with Gasteiger partial charge in [0.25, 0.3) is 0 Å². The number of carbonyl (C=O) groups excluding carboxylic acids is 1. The molecule has 0 spiro atoms. The number of nitro groups is 1. The summed E-state index contributed by atoms with van der Waals surface area (Å²) in [5.41, 5.74) is 1.17. The fourth-order valence-electron chi connectivity index (χ4n) is 2.45. The molecular weight excluding hydrogens is 368 g/mol. The summed E-state index contributed by atoms with van der Waals surface area (Å²) < 4.78 is 1.46. The standard InChI is InChI=1S/C17H18N6O3S/c24-15(7-4-10-22-12-14(11-18-22)23(25)26)19-17-21-20-16(27-17)9-8-13-5-2-1-3-6-13/h1-3,5-6,11-12H,4,7-10H2,(H,19,21,24). The summed E-state index contributed by atoms with van der Waals surface area (Å²) in [5.74, 6) is -0.164. The highest BCUT2D eigenvalue weighted by molar-refractivity contribution is 7.15. The van der Waals surface area contributed by atoms with Crippen LogP contribution in [-0.4, -0.2) is 30.8 Å². The molecule has 27 heavy (non-hydrogen) atoms. The van der Waals surface area contributed by atoms with Crippen LogP contribution in [0.3, 0.4) is 0 Å². The van der Waals surface area contributed by atoms with Crippen LogP contribution in [0, 0.1) is 10.1 Å². The Morgan fingerprint density at radius 3 is 2.78 bits per heavy atom. The van der Waals surface area contributed by atoms with Gasteiger partial charge in [-0.1, -0.05) is 41.7 Å². The normalized spacial score (nSPS) is 10.7. The van der Waals surface area contributed by atoms with E-state index in [9.17, 15) is 14.9 Å². The van der Waals surface area contributed by atoms with Crippen LogP contribution in [0.4, 0.5) is 10.8 Å². The van der Waals surface area contributed by atoms with Crippen LogP contribution in [0.5, 0.6) is 0 Å². The van der Waals surface area contributed by atoms with Crippen LogP contribution in [0.1, 0.15) is 23.4 Å². The molecule has 1 N–H and O–H groups in total. The van der Waals surface area contributed by atoms with Gasteiger partial charge in [-0.05, 0) is 18.4 Å². The van der Waals surface area contributed by atoms with Crippen molar-refractivity contribution >= 4 is 28.1 Å². The van der Waals surface area contributed by atoms with E-state index in [-0.39, 0.29) is 18.0 Å². The Morgan fingerprint density at radius 2 is 2.04 bits per heavy atom. The molecule has 0 saturated heterocycles. The Kier molecular flexibility index (Phi) is 6.21. The van der Waals surface area contributed by atoms with Crippen LogP contribution < -0.4 is 5.32 Å². The molecule has 2 heterocycles. The molecule has 10 heteroatoms. The minimum atomic E-state index is -0.499. The second-order valence-corrected chi connectivity index (χ2v) is 6.92. The van der Waals surface area contributed by atoms with E-state index in [1.807, 2.05) is 18.2 Å². The Balaban J connectivity index is 1.40. The SMILES string of the molecule is O=C(CCCn1cc([N+](=O)[O-])cn1)Nc1nnc(CCc2ccccc2)s1. The molecule has 0 aliphatic heterocycles. The molecule has 140 valence electrons. The molecule has 2 aromatic heterocycles. The summed E-state index contributed by atoms with van der Waals surface area (Å²) in [6.07, 6.45) is 4.98. The van der Waals surface area contributed by atoms with Crippen molar-refractivity contribution < 1.29 is 9.72 Å². The number of anilines is 1. The van der Waals surface area contributed by atoms with Gasteiger partial charge in [-0.2, -0.15) is 5.10 Å². The monoisotopic (exact) mass is 386 g/mol. The summed E-state index contributed by atoms with van der Waals surface area (Å²) in [5, 5.41) is 26.7. The molecule has 0 bridgehead atoms. The maximum atomic E-state index is 12.0. The number of aryl methyl sites for hydroxylation is 3. The molecule has 3 rings (SSSR count). The number of rotatable bonds is 9. The zero-order valence-electron chi connectivity index (χ0n) is 14.4. The van der Waals surface area contributed by atoms with Gasteiger partial charge < -0.3 is 5.32 Å². The molecule has 0 aliphatic carbocycles. The quantitative estimate of drug-likeness (QED) is 0.446. The lowest BCUT2D eigenvalue weighted by Crippen LogP contribution is -2.12. The van der Waals surface area contributed by atoms with E-state index in [4.69, 9.17) is 0 Å². The highest BCUT2D eigenvalue weighted by Gasteiger charge is 2.11. The largest absolute Gasteiger partial charge is 0.306 e. The van der Waals surface area contributed by atoms with Crippen LogP contribution >= 0.6 is 11.3 Å². The van der Waals surface area contributed by atoms with Crippen LogP contribution in [0.25, 0.3) is 0 Å². The number of aromatic nitrogens is 4. The van der Waals surface area contributed by atoms with Gasteiger partial charge in [0.05, 0.1) is 4.92 Å². The number of nitrogens with one attached hydrogen (secondary N) is 1. The lowest BCUT2D eigenvalue weighted by Gasteiger charge is -2.01. The molecule has 0 aliphatic rings. The number of amides is 1. The maximum absolute atomic E-state index is 12.0. The van der Waals surface area contributed by atoms with Gasteiger partial charge in [-0.15, -0.1) is 10.2 Å². The van der Waals surface area contributed by atoms with E-state index >= 15 is 0 Å². The van der Waals surface area contributed by atoms with Gasteiger partial charge in [0.15, 0.2) is 0 Å². The first-order valence-corrected chi connectivity index (χ1v) is 9.25. The van der Waals surface area contributed by atoms with Crippen molar-refractivity contribution in [3.63, 3.8) is 0 Å². The molecule has 3 aromatic rings. The second kappa shape index (κ2) is 8.99. The average molecular weight is 386 g/mol. The molecule has 9 nitrogen and oxygen atoms in total. The summed E-state index contributed by atoms with van der Waals surface area (Å²) in [6.45, 7) is 0.430. The van der Waals surface area contributed by atoms with Gasteiger partial charge in [0, 0.05) is 19.4 Å². The van der Waals surface area contributed by atoms with E-state index in [0.29, 0.717) is 18.1 Å². The number of nitrogens with zero attached hydrogens (tertiary/aromatic N) is 5. The van der Waals surface area contributed by atoms with Crippen molar-refractivity contribution in [1.82, 2.24) is 20.0 Å². The first kappa shape index (κ1) is 18.6. The van der Waals surface area contributed by atoms with Gasteiger partial charge in [0.2, 0.25) is 11.0 Å². The topological polar surface area (TPSA) is 116 Å². The Labute approximate surface area is 159 Å². The van der Waals surface area contributed by atoms with Crippen LogP contribution in [0.2, 0.25) is 0 Å². The second-order valence-electron chi connectivity index (χ2n) is 5.86. The fraction of sp³-hybridized carbons (Fsp3) is 0.294. The molecular formula is C17H18N6O3S. The Bertz CT molecular complexity index is 908. The number of benzene rings is 1. The summed E-state index contributed by atoms with van der Waals surface area (Å²) in [4.78, 5) is 22.1. The van der Waals surface area contributed by atoms with Gasteiger partial charge in [-0.25, -0.2) is 0 Å². The Hall–Kier alpha value is -3.14. The predicted octanol–water partition coefficient (Wildman–Crippen LogP) is 2.85. The van der Waals surface area contributed by atoms with Gasteiger partial charge >= 0.3 is 5.69 Å². The lowest BCUT2D eigenvalue weighted by molar-refractivity contribution is -0.385. The van der Waals surface area contributed by atoms with Crippen molar-refractivity contribution in [2.24, 2.45) is 0 Å². The fourth-order valence-corrected chi connectivity index (χ4v) is 3.21.